The highest BCUT2D eigenvalue weighted by molar-refractivity contribution is 6.61. The first-order chi connectivity index (χ1) is 9.84. The van der Waals surface area contributed by atoms with Crippen LogP contribution < -0.4 is 5.59 Å². The average Bonchev–Trinajstić information content (AvgIpc) is 3.08. The third-order valence-corrected chi connectivity index (χ3v) is 5.18. The molecule has 1 saturated heterocycles. The van der Waals surface area contributed by atoms with Gasteiger partial charge < -0.3 is 14.0 Å². The first-order valence-electron chi connectivity index (χ1n) is 7.77. The molecule has 2 heterocycles. The van der Waals surface area contributed by atoms with Crippen LogP contribution in [0.3, 0.4) is 0 Å². The van der Waals surface area contributed by atoms with Gasteiger partial charge in [0.1, 0.15) is 0 Å². The monoisotopic (exact) mass is 292 g/mol. The van der Waals surface area contributed by atoms with Crippen LogP contribution in [0.25, 0.3) is 0 Å². The number of ether oxygens (including phenoxy) is 1. The summed E-state index contributed by atoms with van der Waals surface area (Å²) in [7, 11) is 1.39. The molecule has 6 heteroatoms. The third-order valence-electron chi connectivity index (χ3n) is 5.18. The van der Waals surface area contributed by atoms with Crippen LogP contribution in [0.5, 0.6) is 0 Å². The van der Waals surface area contributed by atoms with Crippen LogP contribution in [-0.4, -0.2) is 41.3 Å². The lowest BCUT2D eigenvalue weighted by Crippen LogP contribution is -2.41. The van der Waals surface area contributed by atoms with Gasteiger partial charge in [-0.3, -0.25) is 4.68 Å². The SMILES string of the molecule is COC1CCCC1n1ccc(B2OC(C)(C)C(C)(C)O2)n1. The van der Waals surface area contributed by atoms with Crippen molar-refractivity contribution < 1.29 is 14.0 Å². The van der Waals surface area contributed by atoms with Gasteiger partial charge in [-0.15, -0.1) is 0 Å². The lowest BCUT2D eigenvalue weighted by atomic mass is 9.85. The Morgan fingerprint density at radius 2 is 1.90 bits per heavy atom. The molecule has 0 amide bonds. The Kier molecular flexibility index (Phi) is 3.67. The predicted molar refractivity (Wildman–Crippen MR) is 81.6 cm³/mol. The van der Waals surface area contributed by atoms with Crippen LogP contribution in [0, 0.1) is 0 Å². The Morgan fingerprint density at radius 1 is 1.24 bits per heavy atom. The van der Waals surface area contributed by atoms with E-state index in [-0.39, 0.29) is 17.3 Å². The second kappa shape index (κ2) is 5.11. The normalized spacial score (nSPS) is 31.0. The Balaban J connectivity index is 1.77. The van der Waals surface area contributed by atoms with Crippen LogP contribution in [0.1, 0.15) is 53.0 Å². The highest BCUT2D eigenvalue weighted by Gasteiger charge is 2.52. The molecular weight excluding hydrogens is 267 g/mol. The van der Waals surface area contributed by atoms with Crippen LogP contribution >= 0.6 is 0 Å². The Bertz CT molecular complexity index is 499. The zero-order chi connectivity index (χ0) is 15.3. The van der Waals surface area contributed by atoms with Crippen molar-refractivity contribution in [2.45, 2.75) is 70.3 Å². The highest BCUT2D eigenvalue weighted by Crippen LogP contribution is 2.36. The largest absolute Gasteiger partial charge is 0.516 e. The minimum atomic E-state index is -0.390. The molecule has 21 heavy (non-hydrogen) atoms. The zero-order valence-electron chi connectivity index (χ0n) is 13.6. The van der Waals surface area contributed by atoms with Gasteiger partial charge in [-0.1, -0.05) is 0 Å². The molecule has 0 spiro atoms. The minimum Gasteiger partial charge on any atom is -0.398 e. The van der Waals surface area contributed by atoms with Crippen molar-refractivity contribution in [2.75, 3.05) is 7.11 Å². The molecule has 1 aromatic heterocycles. The van der Waals surface area contributed by atoms with Gasteiger partial charge in [0.15, 0.2) is 0 Å². The summed E-state index contributed by atoms with van der Waals surface area (Å²) in [5.41, 5.74) is 0.184. The van der Waals surface area contributed by atoms with Crippen molar-refractivity contribution in [3.8, 4) is 0 Å². The van der Waals surface area contributed by atoms with Gasteiger partial charge in [-0.05, 0) is 53.0 Å². The molecule has 116 valence electrons. The van der Waals surface area contributed by atoms with E-state index in [4.69, 9.17) is 19.1 Å². The van der Waals surface area contributed by atoms with E-state index >= 15 is 0 Å². The van der Waals surface area contributed by atoms with Crippen molar-refractivity contribution in [3.63, 3.8) is 0 Å². The van der Waals surface area contributed by atoms with Crippen LogP contribution in [0.2, 0.25) is 0 Å². The van der Waals surface area contributed by atoms with E-state index in [0.29, 0.717) is 6.04 Å². The van der Waals surface area contributed by atoms with Crippen LogP contribution in [-0.2, 0) is 14.0 Å². The lowest BCUT2D eigenvalue weighted by Gasteiger charge is -2.32. The van der Waals surface area contributed by atoms with Crippen molar-refractivity contribution in [1.82, 2.24) is 9.78 Å². The van der Waals surface area contributed by atoms with Gasteiger partial charge in [-0.25, -0.2) is 0 Å². The number of nitrogens with zero attached hydrogens (tertiary/aromatic N) is 2. The highest BCUT2D eigenvalue weighted by atomic mass is 16.7. The summed E-state index contributed by atoms with van der Waals surface area (Å²) in [5, 5.41) is 4.69. The third kappa shape index (κ3) is 2.54. The van der Waals surface area contributed by atoms with Crippen molar-refractivity contribution in [2.24, 2.45) is 0 Å². The van der Waals surface area contributed by atoms with E-state index in [2.05, 4.69) is 27.7 Å². The van der Waals surface area contributed by atoms with E-state index in [1.807, 2.05) is 16.9 Å². The minimum absolute atomic E-state index is 0.260. The summed E-state index contributed by atoms with van der Waals surface area (Å²) in [4.78, 5) is 0. The van der Waals surface area contributed by atoms with Crippen molar-refractivity contribution in [3.05, 3.63) is 12.3 Å². The summed E-state index contributed by atoms with van der Waals surface area (Å²) in [6.07, 6.45) is 5.68. The quantitative estimate of drug-likeness (QED) is 0.799. The van der Waals surface area contributed by atoms with Gasteiger partial charge in [0, 0.05) is 13.3 Å². The molecule has 2 unspecified atom stereocenters. The van der Waals surface area contributed by atoms with Gasteiger partial charge in [0.25, 0.3) is 0 Å². The van der Waals surface area contributed by atoms with Gasteiger partial charge in [0.05, 0.1) is 28.9 Å². The number of hydrogen-bond acceptors (Lipinski definition) is 4. The smallest absolute Gasteiger partial charge is 0.398 e. The van der Waals surface area contributed by atoms with Gasteiger partial charge >= 0.3 is 7.12 Å². The van der Waals surface area contributed by atoms with Crippen LogP contribution in [0.4, 0.5) is 0 Å². The fraction of sp³-hybridized carbons (Fsp3) is 0.800. The van der Waals surface area contributed by atoms with E-state index < -0.39 is 7.12 Å². The van der Waals surface area contributed by atoms with Gasteiger partial charge in [0.2, 0.25) is 0 Å². The fourth-order valence-corrected chi connectivity index (χ4v) is 3.11. The molecule has 2 atom stereocenters. The standard InChI is InChI=1S/C15H25BN2O3/c1-14(2)15(3,4)21-16(20-14)13-9-10-18(17-13)11-7-6-8-12(11)19-5/h9-12H,6-8H2,1-5H3. The molecular formula is C15H25BN2O3. The maximum Gasteiger partial charge on any atom is 0.516 e. The summed E-state index contributed by atoms with van der Waals surface area (Å²) in [6, 6.07) is 2.32. The summed E-state index contributed by atoms with van der Waals surface area (Å²) in [5.74, 6) is 0. The van der Waals surface area contributed by atoms with Crippen molar-refractivity contribution in [1.29, 1.82) is 0 Å². The van der Waals surface area contributed by atoms with E-state index in [1.165, 1.54) is 6.42 Å². The lowest BCUT2D eigenvalue weighted by molar-refractivity contribution is 0.00578. The molecule has 1 saturated carbocycles. The zero-order valence-corrected chi connectivity index (χ0v) is 13.6. The fourth-order valence-electron chi connectivity index (χ4n) is 3.11. The number of methoxy groups -OCH3 is 1. The molecule has 0 aromatic carbocycles. The topological polar surface area (TPSA) is 45.5 Å². The second-order valence-electron chi connectivity index (χ2n) is 7.08. The second-order valence-corrected chi connectivity index (χ2v) is 7.08. The molecule has 5 nitrogen and oxygen atoms in total. The Labute approximate surface area is 127 Å². The number of aromatic nitrogens is 2. The number of rotatable bonds is 3. The maximum absolute atomic E-state index is 6.05. The first kappa shape index (κ1) is 15.1. The maximum atomic E-state index is 6.05. The predicted octanol–water partition coefficient (Wildman–Crippen LogP) is 1.92. The summed E-state index contributed by atoms with van der Waals surface area (Å²) in [6.45, 7) is 8.23. The summed E-state index contributed by atoms with van der Waals surface area (Å²) >= 11 is 0. The molecule has 3 rings (SSSR count). The molecule has 1 aliphatic carbocycles. The average molecular weight is 292 g/mol. The number of hydrogen-bond donors (Lipinski definition) is 0. The van der Waals surface area contributed by atoms with Crippen LogP contribution in [0.15, 0.2) is 12.3 Å². The summed E-state index contributed by atoms with van der Waals surface area (Å²) < 4.78 is 19.7. The first-order valence-corrected chi connectivity index (χ1v) is 7.77. The molecule has 1 aromatic rings. The van der Waals surface area contributed by atoms with E-state index in [1.54, 1.807) is 7.11 Å². The molecule has 2 aliphatic rings. The van der Waals surface area contributed by atoms with E-state index in [0.717, 1.165) is 18.4 Å². The van der Waals surface area contributed by atoms with Gasteiger partial charge in [-0.2, -0.15) is 5.10 Å². The molecule has 0 N–H and O–H groups in total. The molecule has 1 aliphatic heterocycles. The van der Waals surface area contributed by atoms with Crippen molar-refractivity contribution >= 4 is 12.7 Å². The molecule has 2 fully saturated rings. The molecule has 0 radical (unpaired) electrons. The Morgan fingerprint density at radius 3 is 2.52 bits per heavy atom. The van der Waals surface area contributed by atoms with E-state index in [9.17, 15) is 0 Å². The Hall–Kier alpha value is -0.845. The molecule has 0 bridgehead atoms.